The van der Waals surface area contributed by atoms with Crippen LogP contribution in [0.5, 0.6) is 0 Å². The van der Waals surface area contributed by atoms with Crippen molar-refractivity contribution < 1.29 is 8.42 Å². The standard InChI is InChI=1S/C10H9N5O2S4/c1-21(16,17)8-6-11-9(19-8)20-10(12-14-15-13-10)5-7-3-2-4-18-7/h2-4,6H,5H2,1H3. The molecule has 3 rings (SSSR count). The van der Waals surface area contributed by atoms with E-state index in [9.17, 15) is 8.42 Å². The van der Waals surface area contributed by atoms with Gasteiger partial charge in [0.2, 0.25) is 0 Å². The highest BCUT2D eigenvalue weighted by atomic mass is 32.2. The Morgan fingerprint density at radius 3 is 2.67 bits per heavy atom. The fourth-order valence-corrected chi connectivity index (χ4v) is 5.69. The molecule has 21 heavy (non-hydrogen) atoms. The van der Waals surface area contributed by atoms with E-state index in [-0.39, 0.29) is 4.21 Å². The molecule has 0 saturated heterocycles. The van der Waals surface area contributed by atoms with Crippen LogP contribution in [0.25, 0.3) is 0 Å². The summed E-state index contributed by atoms with van der Waals surface area (Å²) in [7, 11) is -3.25. The van der Waals surface area contributed by atoms with Crippen LogP contribution >= 0.6 is 34.4 Å². The lowest BCUT2D eigenvalue weighted by Gasteiger charge is -2.16. The van der Waals surface area contributed by atoms with Crippen molar-refractivity contribution in [2.24, 2.45) is 20.7 Å². The molecule has 7 nitrogen and oxygen atoms in total. The topological polar surface area (TPSA) is 96.5 Å². The van der Waals surface area contributed by atoms with Gasteiger partial charge in [-0.15, -0.1) is 21.6 Å². The quantitative estimate of drug-likeness (QED) is 0.817. The summed E-state index contributed by atoms with van der Waals surface area (Å²) in [4.78, 5) is 4.33. The van der Waals surface area contributed by atoms with Gasteiger partial charge in [0.15, 0.2) is 14.2 Å². The van der Waals surface area contributed by atoms with Gasteiger partial charge < -0.3 is 0 Å². The number of aromatic nitrogens is 1. The molecular weight excluding hydrogens is 350 g/mol. The molecule has 2 aromatic rings. The van der Waals surface area contributed by atoms with Crippen molar-refractivity contribution in [2.45, 2.75) is 20.0 Å². The van der Waals surface area contributed by atoms with Crippen molar-refractivity contribution in [3.8, 4) is 0 Å². The Kier molecular flexibility index (Phi) is 3.90. The zero-order chi connectivity index (χ0) is 14.9. The first kappa shape index (κ1) is 14.8. The number of rotatable bonds is 5. The van der Waals surface area contributed by atoms with Gasteiger partial charge in [-0.25, -0.2) is 13.4 Å². The van der Waals surface area contributed by atoms with E-state index >= 15 is 0 Å². The van der Waals surface area contributed by atoms with E-state index in [0.717, 1.165) is 22.5 Å². The lowest BCUT2D eigenvalue weighted by atomic mass is 10.3. The minimum atomic E-state index is -3.25. The highest BCUT2D eigenvalue weighted by molar-refractivity contribution is 8.02. The predicted octanol–water partition coefficient (Wildman–Crippen LogP) is 3.43. The van der Waals surface area contributed by atoms with Crippen LogP contribution in [0.4, 0.5) is 0 Å². The first-order valence-corrected chi connectivity index (χ1v) is 10.1. The Hall–Kier alpha value is -1.17. The second-order valence-electron chi connectivity index (χ2n) is 4.20. The molecule has 1 aliphatic rings. The fourth-order valence-electron chi connectivity index (χ4n) is 1.59. The van der Waals surface area contributed by atoms with E-state index in [4.69, 9.17) is 0 Å². The summed E-state index contributed by atoms with van der Waals surface area (Å²) in [6.45, 7) is 0. The molecule has 0 spiro atoms. The molecule has 0 saturated carbocycles. The number of thioether (sulfide) groups is 1. The van der Waals surface area contributed by atoms with Crippen molar-refractivity contribution in [1.82, 2.24) is 4.98 Å². The summed E-state index contributed by atoms with van der Waals surface area (Å²) in [6.07, 6.45) is 3.05. The molecule has 0 aromatic carbocycles. The molecule has 0 atom stereocenters. The van der Waals surface area contributed by atoms with Crippen molar-refractivity contribution in [2.75, 3.05) is 6.26 Å². The SMILES string of the molecule is CS(=O)(=O)c1cnc(SC2(Cc3cccs3)N=NN=N2)s1. The van der Waals surface area contributed by atoms with Gasteiger partial charge in [-0.1, -0.05) is 17.4 Å². The maximum Gasteiger partial charge on any atom is 0.251 e. The van der Waals surface area contributed by atoms with Gasteiger partial charge in [-0.3, -0.25) is 0 Å². The van der Waals surface area contributed by atoms with Crippen molar-refractivity contribution in [3.63, 3.8) is 0 Å². The van der Waals surface area contributed by atoms with Crippen LogP contribution in [0.1, 0.15) is 4.88 Å². The second kappa shape index (κ2) is 5.55. The average Bonchev–Trinajstić information content (AvgIpc) is 3.10. The maximum atomic E-state index is 11.5. The second-order valence-corrected chi connectivity index (χ2v) is 10.0. The van der Waals surface area contributed by atoms with Crippen LogP contribution in [0.15, 0.2) is 52.9 Å². The molecule has 3 heterocycles. The lowest BCUT2D eigenvalue weighted by molar-refractivity contribution is 0.603. The summed E-state index contributed by atoms with van der Waals surface area (Å²) in [5, 5.41) is 17.3. The molecular formula is C10H9N5O2S4. The van der Waals surface area contributed by atoms with E-state index < -0.39 is 14.8 Å². The summed E-state index contributed by atoms with van der Waals surface area (Å²) < 4.78 is 23.8. The van der Waals surface area contributed by atoms with Crippen LogP contribution in [0.2, 0.25) is 0 Å². The minimum Gasteiger partial charge on any atom is -0.237 e. The Morgan fingerprint density at radius 1 is 1.33 bits per heavy atom. The molecule has 0 radical (unpaired) electrons. The lowest BCUT2D eigenvalue weighted by Crippen LogP contribution is -2.19. The minimum absolute atomic E-state index is 0.225. The predicted molar refractivity (Wildman–Crippen MR) is 81.5 cm³/mol. The van der Waals surface area contributed by atoms with E-state index in [1.165, 1.54) is 18.0 Å². The van der Waals surface area contributed by atoms with Crippen LogP contribution in [0.3, 0.4) is 0 Å². The normalized spacial score (nSPS) is 16.6. The summed E-state index contributed by atoms with van der Waals surface area (Å²) in [5.74, 6) is 0. The number of nitrogens with zero attached hydrogens (tertiary/aromatic N) is 5. The van der Waals surface area contributed by atoms with E-state index in [1.807, 2.05) is 17.5 Å². The van der Waals surface area contributed by atoms with E-state index in [1.54, 1.807) is 11.3 Å². The van der Waals surface area contributed by atoms with Crippen molar-refractivity contribution >= 4 is 44.3 Å². The number of thiazole rings is 1. The average molecular weight is 359 g/mol. The van der Waals surface area contributed by atoms with Crippen molar-refractivity contribution in [1.29, 1.82) is 0 Å². The fraction of sp³-hybridized carbons (Fsp3) is 0.300. The third-order valence-electron chi connectivity index (χ3n) is 2.51. The molecule has 0 fully saturated rings. The van der Waals surface area contributed by atoms with Gasteiger partial charge in [0, 0.05) is 17.6 Å². The zero-order valence-electron chi connectivity index (χ0n) is 10.7. The number of hydrogen-bond acceptors (Lipinski definition) is 10. The van der Waals surface area contributed by atoms with Crippen LogP contribution in [0, 0.1) is 0 Å². The van der Waals surface area contributed by atoms with Gasteiger partial charge in [0.25, 0.3) is 4.99 Å². The highest BCUT2D eigenvalue weighted by Gasteiger charge is 2.37. The van der Waals surface area contributed by atoms with Gasteiger partial charge in [0.1, 0.15) is 4.21 Å². The van der Waals surface area contributed by atoms with E-state index in [0.29, 0.717) is 10.8 Å². The van der Waals surface area contributed by atoms with Gasteiger partial charge in [-0.05, 0) is 33.7 Å². The zero-order valence-corrected chi connectivity index (χ0v) is 14.0. The summed E-state index contributed by atoms with van der Waals surface area (Å²) in [6, 6.07) is 3.94. The largest absolute Gasteiger partial charge is 0.251 e. The Morgan fingerprint density at radius 2 is 2.10 bits per heavy atom. The summed E-state index contributed by atoms with van der Waals surface area (Å²) in [5.41, 5.74) is 0. The highest BCUT2D eigenvalue weighted by Crippen LogP contribution is 2.43. The maximum absolute atomic E-state index is 11.5. The number of sulfone groups is 1. The monoisotopic (exact) mass is 359 g/mol. The van der Waals surface area contributed by atoms with Gasteiger partial charge in [0.05, 0.1) is 6.20 Å². The number of hydrogen-bond donors (Lipinski definition) is 0. The molecule has 0 unspecified atom stereocenters. The molecule has 0 N–H and O–H groups in total. The van der Waals surface area contributed by atoms with E-state index in [2.05, 4.69) is 25.7 Å². The molecule has 2 aromatic heterocycles. The first-order chi connectivity index (χ1) is 9.97. The number of thiophene rings is 1. The molecule has 110 valence electrons. The third kappa shape index (κ3) is 3.36. The van der Waals surface area contributed by atoms with Crippen LogP contribution < -0.4 is 0 Å². The molecule has 0 aliphatic carbocycles. The molecule has 0 amide bonds. The van der Waals surface area contributed by atoms with Crippen LogP contribution in [-0.2, 0) is 16.3 Å². The molecule has 0 bridgehead atoms. The third-order valence-corrected chi connectivity index (χ3v) is 7.38. The molecule has 1 aliphatic heterocycles. The first-order valence-electron chi connectivity index (χ1n) is 5.68. The van der Waals surface area contributed by atoms with Crippen LogP contribution in [-0.4, -0.2) is 24.7 Å². The molecule has 11 heteroatoms. The Labute approximate surface area is 133 Å². The summed E-state index contributed by atoms with van der Waals surface area (Å²) >= 11 is 3.96. The van der Waals surface area contributed by atoms with Gasteiger partial charge in [-0.2, -0.15) is 0 Å². The Balaban J connectivity index is 1.85. The smallest absolute Gasteiger partial charge is 0.237 e. The Bertz CT molecular complexity index is 781. The van der Waals surface area contributed by atoms with Gasteiger partial charge >= 0.3 is 0 Å². The van der Waals surface area contributed by atoms with Crippen molar-refractivity contribution in [3.05, 3.63) is 28.6 Å².